The summed E-state index contributed by atoms with van der Waals surface area (Å²) in [6.07, 6.45) is 6.13. The molecule has 0 aliphatic carbocycles. The van der Waals surface area contributed by atoms with Crippen molar-refractivity contribution in [2.45, 2.75) is 51.5 Å². The molecule has 0 spiro atoms. The standard InChI is InChI=1S/C11H17N3O2/c15-11(16)7-2-1-5-9-12-13-10-6-3-4-8-14(9)10/h1-8H2,(H,15,16). The molecule has 1 N–H and O–H groups in total. The molecule has 0 aromatic carbocycles. The molecular formula is C11H17N3O2. The lowest BCUT2D eigenvalue weighted by Gasteiger charge is -2.14. The highest BCUT2D eigenvalue weighted by Gasteiger charge is 2.14. The summed E-state index contributed by atoms with van der Waals surface area (Å²) >= 11 is 0. The Labute approximate surface area is 94.5 Å². The second-order valence-corrected chi connectivity index (χ2v) is 4.24. The molecule has 0 saturated heterocycles. The van der Waals surface area contributed by atoms with Crippen LogP contribution in [0, 0.1) is 0 Å². The van der Waals surface area contributed by atoms with Crippen LogP contribution >= 0.6 is 0 Å². The van der Waals surface area contributed by atoms with Crippen LogP contribution in [-0.4, -0.2) is 25.8 Å². The van der Waals surface area contributed by atoms with Crippen LogP contribution in [0.3, 0.4) is 0 Å². The highest BCUT2D eigenvalue weighted by atomic mass is 16.4. The summed E-state index contributed by atoms with van der Waals surface area (Å²) in [6.45, 7) is 1.02. The van der Waals surface area contributed by atoms with Crippen LogP contribution in [0.25, 0.3) is 0 Å². The second kappa shape index (κ2) is 5.09. The number of unbranched alkanes of at least 4 members (excludes halogenated alkanes) is 1. The normalized spacial score (nSPS) is 14.8. The highest BCUT2D eigenvalue weighted by Crippen LogP contribution is 2.15. The van der Waals surface area contributed by atoms with Gasteiger partial charge >= 0.3 is 5.97 Å². The molecule has 0 bridgehead atoms. The summed E-state index contributed by atoms with van der Waals surface area (Å²) < 4.78 is 2.20. The topological polar surface area (TPSA) is 68.0 Å². The third-order valence-electron chi connectivity index (χ3n) is 2.98. The zero-order chi connectivity index (χ0) is 11.4. The number of fused-ring (bicyclic) bond motifs is 1. The third kappa shape index (κ3) is 2.59. The van der Waals surface area contributed by atoms with Crippen molar-refractivity contribution in [1.29, 1.82) is 0 Å². The molecule has 0 atom stereocenters. The summed E-state index contributed by atoms with van der Waals surface area (Å²) in [7, 11) is 0. The van der Waals surface area contributed by atoms with Crippen molar-refractivity contribution in [3.05, 3.63) is 11.6 Å². The van der Waals surface area contributed by atoms with E-state index in [4.69, 9.17) is 5.11 Å². The number of nitrogens with zero attached hydrogens (tertiary/aromatic N) is 3. The summed E-state index contributed by atoms with van der Waals surface area (Å²) in [5, 5.41) is 16.9. The predicted octanol–water partition coefficient (Wildman–Crippen LogP) is 1.41. The average molecular weight is 223 g/mol. The first-order valence-corrected chi connectivity index (χ1v) is 5.90. The summed E-state index contributed by atoms with van der Waals surface area (Å²) in [4.78, 5) is 10.4. The molecular weight excluding hydrogens is 206 g/mol. The van der Waals surface area contributed by atoms with Gasteiger partial charge in [0.25, 0.3) is 0 Å². The summed E-state index contributed by atoms with van der Waals surface area (Å²) in [5.41, 5.74) is 0. The van der Waals surface area contributed by atoms with Gasteiger partial charge in [-0.2, -0.15) is 0 Å². The van der Waals surface area contributed by atoms with Gasteiger partial charge in [0.05, 0.1) is 0 Å². The first-order chi connectivity index (χ1) is 7.77. The zero-order valence-corrected chi connectivity index (χ0v) is 9.35. The Morgan fingerprint density at radius 2 is 2.19 bits per heavy atom. The van der Waals surface area contributed by atoms with Gasteiger partial charge in [-0.1, -0.05) is 0 Å². The number of hydrogen-bond acceptors (Lipinski definition) is 3. The Balaban J connectivity index is 1.85. The fourth-order valence-electron chi connectivity index (χ4n) is 2.11. The Hall–Kier alpha value is -1.39. The molecule has 2 rings (SSSR count). The highest BCUT2D eigenvalue weighted by molar-refractivity contribution is 5.66. The molecule has 0 fully saturated rings. The van der Waals surface area contributed by atoms with E-state index >= 15 is 0 Å². The number of hydrogen-bond donors (Lipinski definition) is 1. The van der Waals surface area contributed by atoms with Crippen molar-refractivity contribution in [2.24, 2.45) is 0 Å². The lowest BCUT2D eigenvalue weighted by atomic mass is 10.1. The van der Waals surface area contributed by atoms with E-state index in [0.29, 0.717) is 0 Å². The smallest absolute Gasteiger partial charge is 0.303 e. The number of aromatic nitrogens is 3. The number of carboxylic acids is 1. The molecule has 1 aliphatic heterocycles. The number of carboxylic acid groups (broad SMARTS) is 1. The third-order valence-corrected chi connectivity index (χ3v) is 2.98. The van der Waals surface area contributed by atoms with E-state index in [1.165, 1.54) is 12.8 Å². The van der Waals surface area contributed by atoms with Crippen molar-refractivity contribution in [1.82, 2.24) is 14.8 Å². The minimum absolute atomic E-state index is 0.251. The number of aryl methyl sites for hydroxylation is 2. The number of carbonyl (C=O) groups is 1. The van der Waals surface area contributed by atoms with Crippen LogP contribution in [0.2, 0.25) is 0 Å². The Morgan fingerprint density at radius 3 is 3.00 bits per heavy atom. The lowest BCUT2D eigenvalue weighted by Crippen LogP contribution is -2.13. The zero-order valence-electron chi connectivity index (χ0n) is 9.35. The number of rotatable bonds is 5. The van der Waals surface area contributed by atoms with Gasteiger partial charge in [0.1, 0.15) is 11.6 Å². The second-order valence-electron chi connectivity index (χ2n) is 4.24. The van der Waals surface area contributed by atoms with Crippen LogP contribution in [-0.2, 0) is 24.2 Å². The van der Waals surface area contributed by atoms with E-state index in [1.54, 1.807) is 0 Å². The molecule has 1 aromatic heterocycles. The molecule has 1 aromatic rings. The molecule has 0 radical (unpaired) electrons. The van der Waals surface area contributed by atoms with Crippen LogP contribution in [0.1, 0.15) is 43.8 Å². The molecule has 2 heterocycles. The summed E-state index contributed by atoms with van der Waals surface area (Å²) in [5.74, 6) is 1.41. The maximum Gasteiger partial charge on any atom is 0.303 e. The van der Waals surface area contributed by atoms with Crippen LogP contribution in [0.4, 0.5) is 0 Å². The van der Waals surface area contributed by atoms with Gasteiger partial charge in [0.15, 0.2) is 0 Å². The molecule has 0 amide bonds. The SMILES string of the molecule is O=C(O)CCCCc1nnc2n1CCCC2. The minimum atomic E-state index is -0.719. The van der Waals surface area contributed by atoms with Gasteiger partial charge in [0.2, 0.25) is 0 Å². The van der Waals surface area contributed by atoms with E-state index in [9.17, 15) is 4.79 Å². The van der Waals surface area contributed by atoms with E-state index in [0.717, 1.165) is 43.9 Å². The molecule has 0 unspecified atom stereocenters. The van der Waals surface area contributed by atoms with Crippen molar-refractivity contribution >= 4 is 5.97 Å². The fraction of sp³-hybridized carbons (Fsp3) is 0.727. The largest absolute Gasteiger partial charge is 0.481 e. The van der Waals surface area contributed by atoms with Gasteiger partial charge < -0.3 is 9.67 Å². The van der Waals surface area contributed by atoms with Crippen LogP contribution in [0.5, 0.6) is 0 Å². The van der Waals surface area contributed by atoms with Crippen molar-refractivity contribution in [2.75, 3.05) is 0 Å². The van der Waals surface area contributed by atoms with Crippen LogP contribution in [0.15, 0.2) is 0 Å². The monoisotopic (exact) mass is 223 g/mol. The molecule has 16 heavy (non-hydrogen) atoms. The maximum absolute atomic E-state index is 10.4. The Morgan fingerprint density at radius 1 is 1.31 bits per heavy atom. The fourth-order valence-corrected chi connectivity index (χ4v) is 2.11. The quantitative estimate of drug-likeness (QED) is 0.766. The Bertz CT molecular complexity index is 373. The molecule has 5 heteroatoms. The first-order valence-electron chi connectivity index (χ1n) is 5.90. The van der Waals surface area contributed by atoms with Gasteiger partial charge in [-0.15, -0.1) is 10.2 Å². The predicted molar refractivity (Wildman–Crippen MR) is 58.2 cm³/mol. The van der Waals surface area contributed by atoms with E-state index in [1.807, 2.05) is 0 Å². The molecule has 0 saturated carbocycles. The Kier molecular flexibility index (Phi) is 3.54. The van der Waals surface area contributed by atoms with Gasteiger partial charge in [-0.05, 0) is 25.7 Å². The van der Waals surface area contributed by atoms with E-state index in [2.05, 4.69) is 14.8 Å². The number of aliphatic carboxylic acids is 1. The van der Waals surface area contributed by atoms with E-state index < -0.39 is 5.97 Å². The van der Waals surface area contributed by atoms with E-state index in [-0.39, 0.29) is 6.42 Å². The molecule has 1 aliphatic rings. The van der Waals surface area contributed by atoms with Gasteiger partial charge in [0, 0.05) is 25.8 Å². The van der Waals surface area contributed by atoms with Crippen molar-refractivity contribution in [3.63, 3.8) is 0 Å². The first kappa shape index (κ1) is 11.1. The van der Waals surface area contributed by atoms with Crippen molar-refractivity contribution in [3.8, 4) is 0 Å². The van der Waals surface area contributed by atoms with Gasteiger partial charge in [-0.25, -0.2) is 0 Å². The van der Waals surface area contributed by atoms with Crippen LogP contribution < -0.4 is 0 Å². The average Bonchev–Trinajstić information content (AvgIpc) is 2.68. The maximum atomic E-state index is 10.4. The van der Waals surface area contributed by atoms with Gasteiger partial charge in [-0.3, -0.25) is 4.79 Å². The molecule has 5 nitrogen and oxygen atoms in total. The minimum Gasteiger partial charge on any atom is -0.481 e. The molecule has 88 valence electrons. The van der Waals surface area contributed by atoms with Crippen molar-refractivity contribution < 1.29 is 9.90 Å². The summed E-state index contributed by atoms with van der Waals surface area (Å²) in [6, 6.07) is 0. The lowest BCUT2D eigenvalue weighted by molar-refractivity contribution is -0.137.